The number of carbonyl (C=O) groups excluding carboxylic acids is 4. The van der Waals surface area contributed by atoms with Gasteiger partial charge in [0.25, 0.3) is 5.91 Å². The third-order valence-corrected chi connectivity index (χ3v) is 13.3. The number of hydroxylamine groups is 2. The first-order valence-corrected chi connectivity index (χ1v) is 24.2. The van der Waals surface area contributed by atoms with E-state index >= 15 is 4.79 Å². The molecule has 67 heavy (non-hydrogen) atoms. The molecule has 7 atom stereocenters. The molecular formula is C53H69N3O11. The lowest BCUT2D eigenvalue weighted by atomic mass is 9.62. The predicted molar refractivity (Wildman–Crippen MR) is 251 cm³/mol. The van der Waals surface area contributed by atoms with E-state index in [0.29, 0.717) is 30.4 Å². The van der Waals surface area contributed by atoms with Crippen molar-refractivity contribution < 1.29 is 53.2 Å². The summed E-state index contributed by atoms with van der Waals surface area (Å²) in [5, 5.41) is 27.9. The Morgan fingerprint density at radius 2 is 1.63 bits per heavy atom. The zero-order chi connectivity index (χ0) is 47.8. The molecule has 1 saturated carbocycles. The highest BCUT2D eigenvalue weighted by Crippen LogP contribution is 2.58. The monoisotopic (exact) mass is 923 g/mol. The van der Waals surface area contributed by atoms with Crippen LogP contribution in [0.2, 0.25) is 0 Å². The number of aliphatic hydroxyl groups excluding tert-OH is 1. The molecule has 4 fully saturated rings. The summed E-state index contributed by atoms with van der Waals surface area (Å²) in [7, 11) is 0. The third-order valence-electron chi connectivity index (χ3n) is 13.3. The van der Waals surface area contributed by atoms with Gasteiger partial charge in [0.1, 0.15) is 41.2 Å². The van der Waals surface area contributed by atoms with E-state index in [1.54, 1.807) is 62.2 Å². The molecule has 2 amide bonds. The van der Waals surface area contributed by atoms with Crippen molar-refractivity contribution in [1.29, 1.82) is 0 Å². The molecule has 0 unspecified atom stereocenters. The summed E-state index contributed by atoms with van der Waals surface area (Å²) in [4.78, 5) is 62.3. The van der Waals surface area contributed by atoms with Crippen LogP contribution in [0.3, 0.4) is 0 Å². The first-order valence-electron chi connectivity index (χ1n) is 24.2. The number of phenolic OH excluding ortho intramolecular Hbond substituents is 1. The second-order valence-corrected chi connectivity index (χ2v) is 19.5. The van der Waals surface area contributed by atoms with Crippen LogP contribution in [0.15, 0.2) is 78.9 Å². The fourth-order valence-electron chi connectivity index (χ4n) is 10.0. The van der Waals surface area contributed by atoms with Crippen LogP contribution in [-0.2, 0) is 57.7 Å². The molecule has 362 valence electrons. The van der Waals surface area contributed by atoms with E-state index in [1.807, 2.05) is 48.6 Å². The molecule has 0 spiro atoms. The summed E-state index contributed by atoms with van der Waals surface area (Å²) in [6.45, 7) is 9.47. The van der Waals surface area contributed by atoms with Gasteiger partial charge in [-0.15, -0.1) is 0 Å². The standard InChI is InChI=1S/C53H69N3O11/c1-6-8-14-28-52(29-15-9-7-2)65-44-42-31-53(50(62)54-32-35-18-16-24-38(30-35)48(60)55-40(34-57)26-27-43(59)64-51(3,4)5)46(49(61)63-42)56(67-47(53)45(44)66-52)33-39-21-11-10-19-36(39)22-17-23-37-20-12-13-25-41(37)58/h10-13,16-22,24-25,30,40,42,44-47,57-58H,6-9,14-15,23,26-29,31-34H2,1-5H3,(H,54,62)(H,55,60)/t40-,42+,44-,45-,46-,47+,53-/m0/s1. The van der Waals surface area contributed by atoms with Crippen molar-refractivity contribution in [1.82, 2.24) is 15.7 Å². The largest absolute Gasteiger partial charge is 0.508 e. The number of ether oxygens (including phenoxy) is 4. The number of aromatic hydroxyl groups is 1. The Morgan fingerprint density at radius 3 is 2.33 bits per heavy atom. The Hall–Kier alpha value is -5.12. The van der Waals surface area contributed by atoms with Gasteiger partial charge >= 0.3 is 11.9 Å². The second kappa shape index (κ2) is 21.9. The maximum atomic E-state index is 15.2. The zero-order valence-corrected chi connectivity index (χ0v) is 39.7. The summed E-state index contributed by atoms with van der Waals surface area (Å²) in [5.74, 6) is -2.51. The van der Waals surface area contributed by atoms with E-state index in [2.05, 4.69) is 24.5 Å². The number of para-hydroxylation sites is 1. The van der Waals surface area contributed by atoms with Crippen LogP contribution >= 0.6 is 0 Å². The maximum Gasteiger partial charge on any atom is 0.327 e. The molecule has 0 radical (unpaired) electrons. The minimum absolute atomic E-state index is 0.0238. The topological polar surface area (TPSA) is 182 Å². The van der Waals surface area contributed by atoms with Crippen LogP contribution in [0.4, 0.5) is 0 Å². The smallest absolute Gasteiger partial charge is 0.327 e. The van der Waals surface area contributed by atoms with Crippen LogP contribution in [0.5, 0.6) is 5.75 Å². The zero-order valence-electron chi connectivity index (χ0n) is 39.7. The fraction of sp³-hybridized carbons (Fsp3) is 0.547. The number of nitrogens with one attached hydrogen (secondary N) is 2. The Balaban J connectivity index is 1.14. The SMILES string of the molecule is CCCCCC1(CCCCC)O[C@@H]2[C@H](O1)[C@H]1ON(Cc3ccccc3C=CCc3ccccc3O)[C@H]3C(=O)O[C@@H]2C[C@@]13C(=O)NCc1cccc(C(=O)N[C@H](CO)CCC(=O)OC(C)(C)C)c1. The van der Waals surface area contributed by atoms with Crippen molar-refractivity contribution in [3.63, 3.8) is 0 Å². The van der Waals surface area contributed by atoms with Gasteiger partial charge in [0.05, 0.1) is 19.2 Å². The van der Waals surface area contributed by atoms with Crippen molar-refractivity contribution in [3.8, 4) is 5.75 Å². The highest BCUT2D eigenvalue weighted by atomic mass is 16.8. The minimum atomic E-state index is -1.42. The van der Waals surface area contributed by atoms with Gasteiger partial charge < -0.3 is 39.8 Å². The average Bonchev–Trinajstić information content (AvgIpc) is 3.86. The number of hydrogen-bond acceptors (Lipinski definition) is 12. The Labute approximate surface area is 394 Å². The first kappa shape index (κ1) is 49.8. The molecule has 14 heteroatoms. The number of benzene rings is 3. The van der Waals surface area contributed by atoms with Crippen LogP contribution in [0.1, 0.15) is 138 Å². The molecule has 3 saturated heterocycles. The highest BCUT2D eigenvalue weighted by molar-refractivity contribution is 5.95. The lowest BCUT2D eigenvalue weighted by molar-refractivity contribution is -0.224. The Morgan fingerprint density at radius 1 is 0.925 bits per heavy atom. The molecule has 3 heterocycles. The summed E-state index contributed by atoms with van der Waals surface area (Å²) < 4.78 is 25.7. The van der Waals surface area contributed by atoms with Crippen LogP contribution in [-0.4, -0.2) is 93.5 Å². The number of phenols is 1. The molecule has 7 rings (SSSR count). The van der Waals surface area contributed by atoms with Crippen LogP contribution in [0, 0.1) is 5.41 Å². The molecule has 4 aliphatic rings. The molecule has 2 bridgehead atoms. The van der Waals surface area contributed by atoms with E-state index in [1.165, 1.54) is 0 Å². The summed E-state index contributed by atoms with van der Waals surface area (Å²) in [5.41, 5.74) is 1.42. The maximum absolute atomic E-state index is 15.2. The van der Waals surface area contributed by atoms with Crippen LogP contribution in [0.25, 0.3) is 6.08 Å². The molecule has 3 aromatic rings. The van der Waals surface area contributed by atoms with E-state index < -0.39 is 77.1 Å². The van der Waals surface area contributed by atoms with E-state index in [4.69, 9.17) is 23.8 Å². The average molecular weight is 924 g/mol. The highest BCUT2D eigenvalue weighted by Gasteiger charge is 2.76. The Kier molecular flexibility index (Phi) is 16.3. The quantitative estimate of drug-likeness (QED) is 0.0573. The molecule has 4 N–H and O–H groups in total. The molecule has 3 aliphatic heterocycles. The van der Waals surface area contributed by atoms with Gasteiger partial charge in [-0.1, -0.05) is 106 Å². The molecule has 3 aromatic carbocycles. The number of amides is 2. The van der Waals surface area contributed by atoms with E-state index in [0.717, 1.165) is 55.2 Å². The molecule has 1 aliphatic carbocycles. The minimum Gasteiger partial charge on any atom is -0.508 e. The predicted octanol–water partition coefficient (Wildman–Crippen LogP) is 7.62. The van der Waals surface area contributed by atoms with Gasteiger partial charge in [-0.3, -0.25) is 24.0 Å². The number of carbonyl (C=O) groups is 4. The lowest BCUT2D eigenvalue weighted by Crippen LogP contribution is -2.69. The molecule has 0 aromatic heterocycles. The fourth-order valence-corrected chi connectivity index (χ4v) is 10.0. The van der Waals surface area contributed by atoms with Gasteiger partial charge in [0.15, 0.2) is 11.8 Å². The molecule has 14 nitrogen and oxygen atoms in total. The number of allylic oxidation sites excluding steroid dienone is 1. The van der Waals surface area contributed by atoms with Crippen molar-refractivity contribution in [2.24, 2.45) is 5.41 Å². The van der Waals surface area contributed by atoms with Gasteiger partial charge in [-0.05, 0) is 86.9 Å². The van der Waals surface area contributed by atoms with Crippen molar-refractivity contribution in [2.45, 2.75) is 173 Å². The van der Waals surface area contributed by atoms with Crippen molar-refractivity contribution in [3.05, 3.63) is 107 Å². The number of hydrogen-bond donors (Lipinski definition) is 4. The second-order valence-electron chi connectivity index (χ2n) is 19.5. The van der Waals surface area contributed by atoms with Crippen LogP contribution < -0.4 is 10.6 Å². The van der Waals surface area contributed by atoms with Gasteiger partial charge in [0.2, 0.25) is 5.91 Å². The lowest BCUT2D eigenvalue weighted by Gasteiger charge is -2.48. The summed E-state index contributed by atoms with van der Waals surface area (Å²) >= 11 is 0. The number of esters is 2. The number of rotatable bonds is 22. The summed E-state index contributed by atoms with van der Waals surface area (Å²) in [6, 6.07) is 20.0. The summed E-state index contributed by atoms with van der Waals surface area (Å²) in [6.07, 6.45) is 9.10. The van der Waals surface area contributed by atoms with Crippen molar-refractivity contribution in [2.75, 3.05) is 6.61 Å². The van der Waals surface area contributed by atoms with E-state index in [9.17, 15) is 24.6 Å². The van der Waals surface area contributed by atoms with Crippen molar-refractivity contribution >= 4 is 29.8 Å². The van der Waals surface area contributed by atoms with E-state index in [-0.39, 0.29) is 44.7 Å². The number of nitrogens with zero attached hydrogens (tertiary/aromatic N) is 1. The van der Waals surface area contributed by atoms with Gasteiger partial charge in [-0.2, -0.15) is 5.06 Å². The Bertz CT molecular complexity index is 2230. The number of unbranched alkanes of at least 4 members (excludes halogenated alkanes) is 4. The molecular weight excluding hydrogens is 855 g/mol. The number of aliphatic hydroxyl groups is 1. The normalized spacial score (nSPS) is 24.5. The first-order chi connectivity index (χ1) is 32.2. The van der Waals surface area contributed by atoms with Gasteiger partial charge in [0, 0.05) is 37.8 Å². The van der Waals surface area contributed by atoms with Gasteiger partial charge in [-0.25, -0.2) is 0 Å². The third kappa shape index (κ3) is 11.6. The number of fused-ring (bicyclic) bond motifs is 4.